The van der Waals surface area contributed by atoms with Gasteiger partial charge in [0.2, 0.25) is 0 Å². The van der Waals surface area contributed by atoms with E-state index in [9.17, 15) is 4.79 Å². The summed E-state index contributed by atoms with van der Waals surface area (Å²) in [6, 6.07) is 5.89. The van der Waals surface area contributed by atoms with Gasteiger partial charge in [-0.1, -0.05) is 0 Å². The highest BCUT2D eigenvalue weighted by Gasteiger charge is 2.14. The third kappa shape index (κ3) is 1.29. The van der Waals surface area contributed by atoms with Crippen LogP contribution in [0.1, 0.15) is 34.5 Å². The second kappa shape index (κ2) is 3.23. The topological polar surface area (TPSA) is 32.9 Å². The molecule has 1 aliphatic rings. The first-order valence-electron chi connectivity index (χ1n) is 5.47. The lowest BCUT2D eigenvalue weighted by Crippen LogP contribution is -1.99. The number of hydrogen-bond donors (Lipinski definition) is 1. The summed E-state index contributed by atoms with van der Waals surface area (Å²) < 4.78 is 0. The highest BCUT2D eigenvalue weighted by molar-refractivity contribution is 5.90. The van der Waals surface area contributed by atoms with Crippen LogP contribution >= 0.6 is 0 Å². The van der Waals surface area contributed by atoms with Gasteiger partial charge in [0.05, 0.1) is 0 Å². The second-order valence-electron chi connectivity index (χ2n) is 4.21. The van der Waals surface area contributed by atoms with E-state index in [1.54, 1.807) is 0 Å². The number of benzene rings is 1. The molecule has 0 spiro atoms. The first-order valence-corrected chi connectivity index (χ1v) is 5.47. The summed E-state index contributed by atoms with van der Waals surface area (Å²) in [6.07, 6.45) is 5.77. The van der Waals surface area contributed by atoms with Crippen molar-refractivity contribution in [3.05, 3.63) is 35.0 Å². The van der Waals surface area contributed by atoms with Crippen molar-refractivity contribution in [2.24, 2.45) is 0 Å². The Morgan fingerprint density at radius 1 is 1.20 bits per heavy atom. The van der Waals surface area contributed by atoms with Crippen molar-refractivity contribution >= 4 is 17.2 Å². The van der Waals surface area contributed by atoms with Crippen LogP contribution < -0.4 is 0 Å². The van der Waals surface area contributed by atoms with E-state index in [0.717, 1.165) is 24.7 Å². The summed E-state index contributed by atoms with van der Waals surface area (Å²) in [6.45, 7) is 0. The summed E-state index contributed by atoms with van der Waals surface area (Å²) in [4.78, 5) is 14.2. The number of aromatic nitrogens is 1. The molecular formula is C13H13NO. The van der Waals surface area contributed by atoms with Crippen LogP contribution in [0.15, 0.2) is 18.2 Å². The molecule has 3 rings (SSSR count). The Kier molecular flexibility index (Phi) is 1.88. The van der Waals surface area contributed by atoms with Crippen LogP contribution in [0.2, 0.25) is 0 Å². The van der Waals surface area contributed by atoms with Crippen molar-refractivity contribution in [2.75, 3.05) is 0 Å². The van der Waals surface area contributed by atoms with Crippen LogP contribution in [0.5, 0.6) is 0 Å². The van der Waals surface area contributed by atoms with Crippen molar-refractivity contribution in [3.63, 3.8) is 0 Å². The van der Waals surface area contributed by atoms with Crippen LogP contribution in [0.25, 0.3) is 10.9 Å². The van der Waals surface area contributed by atoms with Gasteiger partial charge in [-0.2, -0.15) is 0 Å². The Bertz CT molecular complexity index is 525. The molecule has 15 heavy (non-hydrogen) atoms. The minimum absolute atomic E-state index is 0.773. The fraction of sp³-hybridized carbons (Fsp3) is 0.308. The number of nitrogens with one attached hydrogen (secondary N) is 1. The first kappa shape index (κ1) is 8.72. The average Bonchev–Trinajstić information content (AvgIpc) is 2.66. The molecule has 0 saturated heterocycles. The van der Waals surface area contributed by atoms with E-state index in [2.05, 4.69) is 4.98 Å². The minimum atomic E-state index is 0.773. The lowest BCUT2D eigenvalue weighted by Gasteiger charge is -2.10. The lowest BCUT2D eigenvalue weighted by molar-refractivity contribution is 0.112. The van der Waals surface area contributed by atoms with Gasteiger partial charge in [-0.05, 0) is 49.4 Å². The molecule has 1 aromatic heterocycles. The van der Waals surface area contributed by atoms with Crippen molar-refractivity contribution in [1.29, 1.82) is 0 Å². The third-order valence-corrected chi connectivity index (χ3v) is 3.26. The number of aldehydes is 1. The van der Waals surface area contributed by atoms with Crippen LogP contribution in [-0.4, -0.2) is 11.3 Å². The number of carbonyl (C=O) groups is 1. The van der Waals surface area contributed by atoms with E-state index >= 15 is 0 Å². The monoisotopic (exact) mass is 199 g/mol. The number of hydrogen-bond acceptors (Lipinski definition) is 1. The molecule has 0 atom stereocenters. The molecule has 1 aromatic carbocycles. The van der Waals surface area contributed by atoms with Gasteiger partial charge in [0.15, 0.2) is 0 Å². The normalized spacial score (nSPS) is 15.2. The second-order valence-corrected chi connectivity index (χ2v) is 4.21. The predicted octanol–water partition coefficient (Wildman–Crippen LogP) is 2.86. The van der Waals surface area contributed by atoms with Gasteiger partial charge in [-0.25, -0.2) is 0 Å². The molecule has 0 amide bonds. The molecule has 2 aromatic rings. The molecule has 0 saturated carbocycles. The Balaban J connectivity index is 2.29. The Morgan fingerprint density at radius 3 is 2.93 bits per heavy atom. The summed E-state index contributed by atoms with van der Waals surface area (Å²) in [5.41, 5.74) is 4.75. The number of aryl methyl sites for hydroxylation is 2. The van der Waals surface area contributed by atoms with Crippen LogP contribution in [-0.2, 0) is 12.8 Å². The highest BCUT2D eigenvalue weighted by atomic mass is 16.1. The van der Waals surface area contributed by atoms with Crippen molar-refractivity contribution in [3.8, 4) is 0 Å². The van der Waals surface area contributed by atoms with Crippen LogP contribution in [0, 0.1) is 0 Å². The number of carbonyl (C=O) groups excluding carboxylic acids is 1. The van der Waals surface area contributed by atoms with E-state index < -0.39 is 0 Å². The lowest BCUT2D eigenvalue weighted by atomic mass is 9.95. The fourth-order valence-corrected chi connectivity index (χ4v) is 2.50. The molecule has 2 heteroatoms. The third-order valence-electron chi connectivity index (χ3n) is 3.26. The van der Waals surface area contributed by atoms with Crippen molar-refractivity contribution in [2.45, 2.75) is 25.7 Å². The number of fused-ring (bicyclic) bond motifs is 3. The molecule has 76 valence electrons. The number of rotatable bonds is 1. The number of H-pyrrole nitrogens is 1. The summed E-state index contributed by atoms with van der Waals surface area (Å²) >= 11 is 0. The van der Waals surface area contributed by atoms with Gasteiger partial charge in [-0.15, -0.1) is 0 Å². The maximum absolute atomic E-state index is 10.7. The largest absolute Gasteiger partial charge is 0.358 e. The van der Waals surface area contributed by atoms with E-state index in [0.29, 0.717) is 0 Å². The van der Waals surface area contributed by atoms with Gasteiger partial charge in [-0.3, -0.25) is 4.79 Å². The molecular weight excluding hydrogens is 186 g/mol. The summed E-state index contributed by atoms with van der Waals surface area (Å²) in [5, 5.41) is 1.24. The SMILES string of the molecule is O=Cc1ccc2[nH]c3c(c2c1)CCCC3. The molecule has 0 aliphatic heterocycles. The quantitative estimate of drug-likeness (QED) is 0.704. The highest BCUT2D eigenvalue weighted by Crippen LogP contribution is 2.29. The zero-order valence-electron chi connectivity index (χ0n) is 8.55. The van der Waals surface area contributed by atoms with Gasteiger partial charge in [0, 0.05) is 22.2 Å². The van der Waals surface area contributed by atoms with Crippen LogP contribution in [0.3, 0.4) is 0 Å². The average molecular weight is 199 g/mol. The van der Waals surface area contributed by atoms with Crippen molar-refractivity contribution < 1.29 is 4.79 Å². The van der Waals surface area contributed by atoms with E-state index in [4.69, 9.17) is 0 Å². The molecule has 0 fully saturated rings. The fourth-order valence-electron chi connectivity index (χ4n) is 2.50. The Morgan fingerprint density at radius 2 is 2.07 bits per heavy atom. The van der Waals surface area contributed by atoms with Gasteiger partial charge in [0.1, 0.15) is 6.29 Å². The van der Waals surface area contributed by atoms with E-state index in [-0.39, 0.29) is 0 Å². The molecule has 1 aliphatic carbocycles. The van der Waals surface area contributed by atoms with Gasteiger partial charge < -0.3 is 4.98 Å². The Hall–Kier alpha value is -1.57. The molecule has 0 bridgehead atoms. The number of aromatic amines is 1. The molecule has 2 nitrogen and oxygen atoms in total. The van der Waals surface area contributed by atoms with Crippen molar-refractivity contribution in [1.82, 2.24) is 4.98 Å². The molecule has 0 unspecified atom stereocenters. The standard InChI is InChI=1S/C13H13NO/c15-8-9-5-6-13-11(7-9)10-3-1-2-4-12(10)14-13/h5-8,14H,1-4H2. The maximum Gasteiger partial charge on any atom is 0.150 e. The van der Waals surface area contributed by atoms with E-state index in [1.807, 2.05) is 18.2 Å². The minimum Gasteiger partial charge on any atom is -0.358 e. The zero-order valence-corrected chi connectivity index (χ0v) is 8.55. The van der Waals surface area contributed by atoms with Gasteiger partial charge >= 0.3 is 0 Å². The molecule has 1 heterocycles. The summed E-state index contributed by atoms with van der Waals surface area (Å²) in [7, 11) is 0. The molecule has 0 radical (unpaired) electrons. The summed E-state index contributed by atoms with van der Waals surface area (Å²) in [5.74, 6) is 0. The van der Waals surface area contributed by atoms with E-state index in [1.165, 1.54) is 35.0 Å². The Labute approximate surface area is 88.3 Å². The molecule has 1 N–H and O–H groups in total. The predicted molar refractivity (Wildman–Crippen MR) is 60.3 cm³/mol. The maximum atomic E-state index is 10.7. The van der Waals surface area contributed by atoms with Crippen LogP contribution in [0.4, 0.5) is 0 Å². The zero-order chi connectivity index (χ0) is 10.3. The van der Waals surface area contributed by atoms with Gasteiger partial charge in [0.25, 0.3) is 0 Å². The smallest absolute Gasteiger partial charge is 0.150 e. The first-order chi connectivity index (χ1) is 7.38.